The standard InChI is InChI=1S/C8H13NO2.ClH/c1-5-2-3-6(8(10)11)7(9)4-5;/h6-7H,1-4,9H2,(H,10,11);1H/t6-,7+;/m1./s1. The molecule has 0 aromatic heterocycles. The average Bonchev–Trinajstić information content (AvgIpc) is 1.85. The van der Waals surface area contributed by atoms with Gasteiger partial charge < -0.3 is 10.8 Å². The van der Waals surface area contributed by atoms with E-state index in [9.17, 15) is 4.79 Å². The summed E-state index contributed by atoms with van der Waals surface area (Å²) in [6.07, 6.45) is 2.12. The number of hydrogen-bond acceptors (Lipinski definition) is 2. The van der Waals surface area contributed by atoms with Gasteiger partial charge in [0.25, 0.3) is 0 Å². The fraction of sp³-hybridized carbons (Fsp3) is 0.625. The van der Waals surface area contributed by atoms with Crippen LogP contribution in [-0.4, -0.2) is 17.1 Å². The van der Waals surface area contributed by atoms with Crippen LogP contribution in [0, 0.1) is 5.92 Å². The van der Waals surface area contributed by atoms with Crippen LogP contribution < -0.4 is 5.73 Å². The molecule has 0 saturated heterocycles. The third-order valence-electron chi connectivity index (χ3n) is 2.17. The summed E-state index contributed by atoms with van der Waals surface area (Å²) in [7, 11) is 0. The highest BCUT2D eigenvalue weighted by molar-refractivity contribution is 5.85. The topological polar surface area (TPSA) is 63.3 Å². The van der Waals surface area contributed by atoms with Gasteiger partial charge in [-0.15, -0.1) is 12.4 Å². The van der Waals surface area contributed by atoms with Crippen molar-refractivity contribution >= 4 is 18.4 Å². The largest absolute Gasteiger partial charge is 0.481 e. The SMILES string of the molecule is C=C1CC[C@@H](C(=O)O)[C@@H](N)C1.Cl. The van der Waals surface area contributed by atoms with E-state index in [0.29, 0.717) is 12.8 Å². The van der Waals surface area contributed by atoms with Crippen LogP contribution in [0.3, 0.4) is 0 Å². The monoisotopic (exact) mass is 191 g/mol. The summed E-state index contributed by atoms with van der Waals surface area (Å²) in [5.74, 6) is -1.13. The third kappa shape index (κ3) is 2.50. The highest BCUT2D eigenvalue weighted by Crippen LogP contribution is 2.26. The third-order valence-corrected chi connectivity index (χ3v) is 2.17. The van der Waals surface area contributed by atoms with Crippen molar-refractivity contribution in [3.05, 3.63) is 12.2 Å². The number of carbonyl (C=O) groups is 1. The van der Waals surface area contributed by atoms with Crippen LogP contribution in [0.5, 0.6) is 0 Å². The van der Waals surface area contributed by atoms with Crippen molar-refractivity contribution in [2.75, 3.05) is 0 Å². The number of carboxylic acids is 1. The second-order valence-corrected chi connectivity index (χ2v) is 3.10. The van der Waals surface area contributed by atoms with Crippen molar-refractivity contribution < 1.29 is 9.90 Å². The minimum Gasteiger partial charge on any atom is -0.481 e. The Kier molecular flexibility index (Phi) is 4.28. The molecule has 0 bridgehead atoms. The summed E-state index contributed by atoms with van der Waals surface area (Å²) in [4.78, 5) is 10.6. The van der Waals surface area contributed by atoms with Gasteiger partial charge in [0.15, 0.2) is 0 Å². The van der Waals surface area contributed by atoms with Gasteiger partial charge in [-0.2, -0.15) is 0 Å². The lowest BCUT2D eigenvalue weighted by atomic mass is 9.83. The number of nitrogens with two attached hydrogens (primary N) is 1. The van der Waals surface area contributed by atoms with Crippen LogP contribution in [0.4, 0.5) is 0 Å². The van der Waals surface area contributed by atoms with Gasteiger partial charge in [-0.1, -0.05) is 12.2 Å². The smallest absolute Gasteiger partial charge is 0.308 e. The van der Waals surface area contributed by atoms with E-state index in [-0.39, 0.29) is 24.4 Å². The predicted octanol–water partition coefficient (Wildman–Crippen LogP) is 1.18. The van der Waals surface area contributed by atoms with Crippen molar-refractivity contribution in [2.24, 2.45) is 11.7 Å². The number of carboxylic acid groups (broad SMARTS) is 1. The molecule has 0 spiro atoms. The molecule has 1 aliphatic carbocycles. The van der Waals surface area contributed by atoms with Crippen LogP contribution in [0.25, 0.3) is 0 Å². The fourth-order valence-corrected chi connectivity index (χ4v) is 1.46. The first-order valence-electron chi connectivity index (χ1n) is 3.76. The van der Waals surface area contributed by atoms with E-state index in [0.717, 1.165) is 12.0 Å². The summed E-state index contributed by atoms with van der Waals surface area (Å²) in [5.41, 5.74) is 6.71. The second kappa shape index (κ2) is 4.48. The molecule has 0 aromatic rings. The van der Waals surface area contributed by atoms with Gasteiger partial charge in [-0.05, 0) is 19.3 Å². The van der Waals surface area contributed by atoms with Crippen molar-refractivity contribution in [3.63, 3.8) is 0 Å². The summed E-state index contributed by atoms with van der Waals surface area (Å²) >= 11 is 0. The van der Waals surface area contributed by atoms with E-state index < -0.39 is 5.97 Å². The highest BCUT2D eigenvalue weighted by Gasteiger charge is 2.28. The Morgan fingerprint density at radius 1 is 1.67 bits per heavy atom. The summed E-state index contributed by atoms with van der Waals surface area (Å²) in [6.45, 7) is 3.79. The van der Waals surface area contributed by atoms with Crippen LogP contribution >= 0.6 is 12.4 Å². The molecule has 0 aromatic carbocycles. The quantitative estimate of drug-likeness (QED) is 0.612. The van der Waals surface area contributed by atoms with Crippen molar-refractivity contribution in [1.82, 2.24) is 0 Å². The lowest BCUT2D eigenvalue weighted by Gasteiger charge is -2.26. The number of rotatable bonds is 1. The van der Waals surface area contributed by atoms with Crippen LogP contribution in [0.2, 0.25) is 0 Å². The molecule has 3 nitrogen and oxygen atoms in total. The maximum Gasteiger partial charge on any atom is 0.308 e. The Bertz CT molecular complexity index is 193. The Hall–Kier alpha value is -0.540. The van der Waals surface area contributed by atoms with E-state index in [1.807, 2.05) is 0 Å². The first-order valence-corrected chi connectivity index (χ1v) is 3.76. The normalized spacial score (nSPS) is 29.2. The number of hydrogen-bond donors (Lipinski definition) is 2. The first-order chi connectivity index (χ1) is 5.11. The minimum atomic E-state index is -0.773. The molecule has 0 heterocycles. The Morgan fingerprint density at radius 2 is 2.25 bits per heavy atom. The van der Waals surface area contributed by atoms with Gasteiger partial charge in [-0.3, -0.25) is 4.79 Å². The molecule has 1 fully saturated rings. The summed E-state index contributed by atoms with van der Waals surface area (Å²) in [6, 6.07) is -0.228. The van der Waals surface area contributed by atoms with Crippen LogP contribution in [-0.2, 0) is 4.79 Å². The molecule has 1 aliphatic rings. The molecule has 70 valence electrons. The summed E-state index contributed by atoms with van der Waals surface area (Å²) < 4.78 is 0. The maximum atomic E-state index is 10.6. The lowest BCUT2D eigenvalue weighted by Crippen LogP contribution is -2.38. The molecule has 0 unspecified atom stereocenters. The van der Waals surface area contributed by atoms with Crippen molar-refractivity contribution in [2.45, 2.75) is 25.3 Å². The van der Waals surface area contributed by atoms with Crippen LogP contribution in [0.1, 0.15) is 19.3 Å². The number of halogens is 1. The molecule has 0 aliphatic heterocycles. The van der Waals surface area contributed by atoms with Crippen molar-refractivity contribution in [1.29, 1.82) is 0 Å². The second-order valence-electron chi connectivity index (χ2n) is 3.10. The first kappa shape index (κ1) is 11.5. The minimum absolute atomic E-state index is 0. The Labute approximate surface area is 78.0 Å². The lowest BCUT2D eigenvalue weighted by molar-refractivity contribution is -0.143. The fourth-order valence-electron chi connectivity index (χ4n) is 1.46. The molecular formula is C8H14ClNO2. The Balaban J connectivity index is 0.00000121. The average molecular weight is 192 g/mol. The maximum absolute atomic E-state index is 10.6. The zero-order valence-corrected chi connectivity index (χ0v) is 7.64. The highest BCUT2D eigenvalue weighted by atomic mass is 35.5. The Morgan fingerprint density at radius 3 is 2.67 bits per heavy atom. The molecule has 12 heavy (non-hydrogen) atoms. The van der Waals surface area contributed by atoms with Gasteiger partial charge in [0.05, 0.1) is 5.92 Å². The van der Waals surface area contributed by atoms with E-state index in [4.69, 9.17) is 10.8 Å². The zero-order valence-electron chi connectivity index (χ0n) is 6.82. The van der Waals surface area contributed by atoms with E-state index in [1.54, 1.807) is 0 Å². The predicted molar refractivity (Wildman–Crippen MR) is 49.3 cm³/mol. The van der Waals surface area contributed by atoms with Gasteiger partial charge in [-0.25, -0.2) is 0 Å². The van der Waals surface area contributed by atoms with E-state index >= 15 is 0 Å². The molecule has 1 saturated carbocycles. The van der Waals surface area contributed by atoms with E-state index in [1.165, 1.54) is 0 Å². The van der Waals surface area contributed by atoms with Gasteiger partial charge >= 0.3 is 5.97 Å². The van der Waals surface area contributed by atoms with Crippen molar-refractivity contribution in [3.8, 4) is 0 Å². The molecule has 2 atom stereocenters. The van der Waals surface area contributed by atoms with Gasteiger partial charge in [0.2, 0.25) is 0 Å². The molecule has 4 heteroatoms. The molecular weight excluding hydrogens is 178 g/mol. The molecule has 0 amide bonds. The van der Waals surface area contributed by atoms with Crippen LogP contribution in [0.15, 0.2) is 12.2 Å². The summed E-state index contributed by atoms with van der Waals surface area (Å²) in [5, 5.41) is 8.69. The van der Waals surface area contributed by atoms with E-state index in [2.05, 4.69) is 6.58 Å². The van der Waals surface area contributed by atoms with Gasteiger partial charge in [0, 0.05) is 6.04 Å². The van der Waals surface area contributed by atoms with Gasteiger partial charge in [0.1, 0.15) is 0 Å². The molecule has 1 rings (SSSR count). The molecule has 3 N–H and O–H groups in total. The molecule has 0 radical (unpaired) electrons. The number of aliphatic carboxylic acids is 1. The zero-order chi connectivity index (χ0) is 8.43.